The van der Waals surface area contributed by atoms with E-state index < -0.39 is 16.0 Å². The molecule has 0 spiro atoms. The number of unbranched alkanes of at least 4 members (excludes halogenated alkanes) is 1. The second-order valence-corrected chi connectivity index (χ2v) is 8.40. The van der Waals surface area contributed by atoms with E-state index in [4.69, 9.17) is 5.11 Å². The van der Waals surface area contributed by atoms with Gasteiger partial charge in [-0.2, -0.15) is 0 Å². The van der Waals surface area contributed by atoms with Crippen molar-refractivity contribution in [1.29, 1.82) is 0 Å². The maximum absolute atomic E-state index is 12.4. The molecule has 0 radical (unpaired) electrons. The first-order chi connectivity index (χ1) is 12.5. The molecule has 1 aromatic rings. The number of nitrogens with one attached hydrogen (secondary N) is 1. The summed E-state index contributed by atoms with van der Waals surface area (Å²) in [4.78, 5) is 10.5. The molecule has 5 nitrogen and oxygen atoms in total. The van der Waals surface area contributed by atoms with Crippen molar-refractivity contribution in [1.82, 2.24) is 4.72 Å². The summed E-state index contributed by atoms with van der Waals surface area (Å²) in [6.45, 7) is 0. The quantitative estimate of drug-likeness (QED) is 0.454. The average molecular weight is 378 g/mol. The maximum Gasteiger partial charge on any atom is 0.303 e. The molecule has 1 aliphatic rings. The molecule has 2 N–H and O–H groups in total. The molecule has 0 unspecified atom stereocenters. The lowest BCUT2D eigenvalue weighted by molar-refractivity contribution is -0.137. The standard InChI is InChI=1S/C20H27NO4S/c22-20(23)14-7-2-1-6-11-18-12-8-13-19(18)21-26(24,25)16-15-17-9-4-3-5-10-17/h1,3-6,9-10,21H,2,7-8,11-16H2,(H,22,23). The van der Waals surface area contributed by atoms with Crippen molar-refractivity contribution in [2.45, 2.75) is 51.4 Å². The predicted octanol–water partition coefficient (Wildman–Crippen LogP) is 3.79. The Morgan fingerprint density at radius 3 is 2.65 bits per heavy atom. The molecule has 0 fully saturated rings. The van der Waals surface area contributed by atoms with Gasteiger partial charge < -0.3 is 5.11 Å². The minimum Gasteiger partial charge on any atom is -0.481 e. The van der Waals surface area contributed by atoms with Crippen molar-refractivity contribution in [3.8, 4) is 0 Å². The number of rotatable bonds is 11. The van der Waals surface area contributed by atoms with Crippen molar-refractivity contribution in [3.63, 3.8) is 0 Å². The van der Waals surface area contributed by atoms with Gasteiger partial charge >= 0.3 is 5.97 Å². The SMILES string of the molecule is O=C(O)CCCC=CCC1=C(NS(=O)(=O)CCc2ccccc2)CCC1. The van der Waals surface area contributed by atoms with Crippen LogP contribution in [0.5, 0.6) is 0 Å². The number of benzene rings is 1. The summed E-state index contributed by atoms with van der Waals surface area (Å²) in [7, 11) is -3.34. The third-order valence-electron chi connectivity index (χ3n) is 4.41. The highest BCUT2D eigenvalue weighted by atomic mass is 32.2. The first kappa shape index (κ1) is 20.2. The molecular formula is C20H27NO4S. The number of hydrogen-bond acceptors (Lipinski definition) is 3. The Kier molecular flexibility index (Phi) is 7.91. The maximum atomic E-state index is 12.4. The van der Waals surface area contributed by atoms with Gasteiger partial charge in [-0.3, -0.25) is 9.52 Å². The molecule has 1 aliphatic carbocycles. The van der Waals surface area contributed by atoms with Crippen LogP contribution >= 0.6 is 0 Å². The highest BCUT2D eigenvalue weighted by molar-refractivity contribution is 7.89. The monoisotopic (exact) mass is 377 g/mol. The second-order valence-electron chi connectivity index (χ2n) is 6.55. The first-order valence-corrected chi connectivity index (χ1v) is 10.7. The predicted molar refractivity (Wildman–Crippen MR) is 103 cm³/mol. The lowest BCUT2D eigenvalue weighted by atomic mass is 10.1. The zero-order valence-electron chi connectivity index (χ0n) is 15.0. The summed E-state index contributed by atoms with van der Waals surface area (Å²) in [5.41, 5.74) is 3.00. The molecule has 1 aromatic carbocycles. The third kappa shape index (κ3) is 7.44. The van der Waals surface area contributed by atoms with Crippen LogP contribution in [0.2, 0.25) is 0 Å². The highest BCUT2D eigenvalue weighted by Gasteiger charge is 2.19. The number of allylic oxidation sites excluding steroid dienone is 4. The number of aryl methyl sites for hydroxylation is 1. The molecule has 0 aliphatic heterocycles. The van der Waals surface area contributed by atoms with Gasteiger partial charge in [0.2, 0.25) is 10.0 Å². The largest absolute Gasteiger partial charge is 0.481 e. The summed E-state index contributed by atoms with van der Waals surface area (Å²) in [6, 6.07) is 9.61. The second kappa shape index (κ2) is 10.2. The molecule has 0 heterocycles. The van der Waals surface area contributed by atoms with E-state index in [-0.39, 0.29) is 12.2 Å². The van der Waals surface area contributed by atoms with Crippen molar-refractivity contribution in [2.75, 3.05) is 5.75 Å². The number of hydrogen-bond donors (Lipinski definition) is 2. The molecule has 0 aromatic heterocycles. The van der Waals surface area contributed by atoms with Crippen LogP contribution < -0.4 is 4.72 Å². The number of sulfonamides is 1. The molecule has 6 heteroatoms. The summed E-state index contributed by atoms with van der Waals surface area (Å²) in [5.74, 6) is -0.692. The van der Waals surface area contributed by atoms with Crippen LogP contribution in [0.1, 0.15) is 50.5 Å². The van der Waals surface area contributed by atoms with E-state index in [1.807, 2.05) is 42.5 Å². The fourth-order valence-electron chi connectivity index (χ4n) is 3.00. The van der Waals surface area contributed by atoms with Crippen LogP contribution in [0.4, 0.5) is 0 Å². The molecule has 0 atom stereocenters. The van der Waals surface area contributed by atoms with Crippen molar-refractivity contribution in [2.24, 2.45) is 0 Å². The molecule has 0 saturated carbocycles. The molecule has 2 rings (SSSR count). The van der Waals surface area contributed by atoms with Crippen LogP contribution in [-0.4, -0.2) is 25.2 Å². The van der Waals surface area contributed by atoms with Crippen LogP contribution in [0, 0.1) is 0 Å². The lowest BCUT2D eigenvalue weighted by Crippen LogP contribution is -2.26. The van der Waals surface area contributed by atoms with E-state index in [9.17, 15) is 13.2 Å². The van der Waals surface area contributed by atoms with Gasteiger partial charge in [-0.25, -0.2) is 8.42 Å². The van der Waals surface area contributed by atoms with Crippen LogP contribution in [0.25, 0.3) is 0 Å². The Balaban J connectivity index is 1.84. The summed E-state index contributed by atoms with van der Waals surface area (Å²) in [6.07, 6.45) is 9.42. The zero-order valence-corrected chi connectivity index (χ0v) is 15.8. The van der Waals surface area contributed by atoms with Gasteiger partial charge in [-0.05, 0) is 56.1 Å². The molecule has 0 bridgehead atoms. The fourth-order valence-corrected chi connectivity index (χ4v) is 4.23. The smallest absolute Gasteiger partial charge is 0.303 e. The van der Waals surface area contributed by atoms with Crippen molar-refractivity contribution < 1.29 is 18.3 Å². The van der Waals surface area contributed by atoms with Gasteiger partial charge in [0.05, 0.1) is 5.75 Å². The minimum absolute atomic E-state index is 0.0822. The van der Waals surface area contributed by atoms with Gasteiger partial charge in [0, 0.05) is 12.1 Å². The highest BCUT2D eigenvalue weighted by Crippen LogP contribution is 2.27. The molecule has 26 heavy (non-hydrogen) atoms. The number of carbonyl (C=O) groups is 1. The number of carboxylic acid groups (broad SMARTS) is 1. The Morgan fingerprint density at radius 2 is 1.92 bits per heavy atom. The summed E-state index contributed by atoms with van der Waals surface area (Å²) >= 11 is 0. The van der Waals surface area contributed by atoms with Gasteiger partial charge in [0.25, 0.3) is 0 Å². The Bertz CT molecular complexity index is 751. The van der Waals surface area contributed by atoms with E-state index in [0.29, 0.717) is 12.8 Å². The average Bonchev–Trinajstić information content (AvgIpc) is 3.03. The molecule has 0 amide bonds. The Morgan fingerprint density at radius 1 is 1.15 bits per heavy atom. The van der Waals surface area contributed by atoms with Crippen LogP contribution in [0.15, 0.2) is 53.8 Å². The molecule has 142 valence electrons. The zero-order chi connectivity index (χ0) is 18.8. The van der Waals surface area contributed by atoms with E-state index in [2.05, 4.69) is 4.72 Å². The first-order valence-electron chi connectivity index (χ1n) is 9.08. The van der Waals surface area contributed by atoms with Crippen molar-refractivity contribution in [3.05, 3.63) is 59.3 Å². The Labute approximate surface area is 155 Å². The molecule has 0 saturated heterocycles. The molecular weight excluding hydrogens is 350 g/mol. The number of carboxylic acids is 1. The van der Waals surface area contributed by atoms with E-state index in [1.54, 1.807) is 0 Å². The third-order valence-corrected chi connectivity index (χ3v) is 5.70. The van der Waals surface area contributed by atoms with Gasteiger partial charge in [-0.1, -0.05) is 42.5 Å². The fraction of sp³-hybridized carbons (Fsp3) is 0.450. The summed E-state index contributed by atoms with van der Waals surface area (Å²) in [5, 5.41) is 8.61. The van der Waals surface area contributed by atoms with E-state index in [1.165, 1.54) is 0 Å². The van der Waals surface area contributed by atoms with Gasteiger partial charge in [0.1, 0.15) is 0 Å². The normalized spacial score (nSPS) is 14.9. The van der Waals surface area contributed by atoms with Crippen molar-refractivity contribution >= 4 is 16.0 Å². The Hall–Kier alpha value is -2.08. The van der Waals surface area contributed by atoms with Crippen LogP contribution in [0.3, 0.4) is 0 Å². The topological polar surface area (TPSA) is 83.5 Å². The van der Waals surface area contributed by atoms with Gasteiger partial charge in [0.15, 0.2) is 0 Å². The number of aliphatic carboxylic acids is 1. The van der Waals surface area contributed by atoms with E-state index >= 15 is 0 Å². The minimum atomic E-state index is -3.34. The van der Waals surface area contributed by atoms with Gasteiger partial charge in [-0.15, -0.1) is 0 Å². The van der Waals surface area contributed by atoms with Crippen LogP contribution in [-0.2, 0) is 21.2 Å². The van der Waals surface area contributed by atoms with E-state index in [0.717, 1.165) is 48.9 Å². The lowest BCUT2D eigenvalue weighted by Gasteiger charge is -2.11. The summed E-state index contributed by atoms with van der Waals surface area (Å²) < 4.78 is 27.5.